The molecule has 0 aliphatic carbocycles. The van der Waals surface area contributed by atoms with Gasteiger partial charge in [0.1, 0.15) is 5.69 Å². The van der Waals surface area contributed by atoms with Crippen molar-refractivity contribution in [3.8, 4) is 0 Å². The van der Waals surface area contributed by atoms with Crippen molar-refractivity contribution in [3.63, 3.8) is 0 Å². The fraction of sp³-hybridized carbons (Fsp3) is 0.375. The summed E-state index contributed by atoms with van der Waals surface area (Å²) in [5.41, 5.74) is 5.87. The summed E-state index contributed by atoms with van der Waals surface area (Å²) < 4.78 is 25.2. The summed E-state index contributed by atoms with van der Waals surface area (Å²) in [6.45, 7) is -0.189. The highest BCUT2D eigenvalue weighted by atomic mass is 127. The fourth-order valence-corrected chi connectivity index (χ4v) is 1.78. The van der Waals surface area contributed by atoms with Crippen LogP contribution in [0.1, 0.15) is 23.4 Å². The van der Waals surface area contributed by atoms with Gasteiger partial charge in [0.15, 0.2) is 0 Å². The number of aliphatic hydroxyl groups excluding tert-OH is 1. The van der Waals surface area contributed by atoms with E-state index >= 15 is 0 Å². The Hall–Kier alpha value is -0.340. The molecule has 3 N–H and O–H groups in total. The minimum Gasteiger partial charge on any atom is -0.392 e. The van der Waals surface area contributed by atoms with Crippen molar-refractivity contribution in [2.45, 2.75) is 19.6 Å². The number of alkyl halides is 2. The molecule has 0 fully saturated rings. The van der Waals surface area contributed by atoms with Gasteiger partial charge in [-0.25, -0.2) is 13.8 Å². The second-order valence-electron chi connectivity index (χ2n) is 2.62. The molecule has 0 atom stereocenters. The highest BCUT2D eigenvalue weighted by molar-refractivity contribution is 14.1. The summed E-state index contributed by atoms with van der Waals surface area (Å²) in [7, 11) is 0. The number of pyridine rings is 1. The van der Waals surface area contributed by atoms with Crippen LogP contribution in [0.25, 0.3) is 0 Å². The number of nitrogens with zero attached hydrogens (tertiary/aromatic N) is 1. The van der Waals surface area contributed by atoms with Gasteiger partial charge in [-0.15, -0.1) is 0 Å². The number of rotatable bonds is 3. The normalized spacial score (nSPS) is 11.0. The van der Waals surface area contributed by atoms with Gasteiger partial charge in [-0.3, -0.25) is 0 Å². The lowest BCUT2D eigenvalue weighted by Gasteiger charge is -2.09. The molecule has 1 aromatic heterocycles. The van der Waals surface area contributed by atoms with Crippen LogP contribution >= 0.6 is 22.6 Å². The van der Waals surface area contributed by atoms with Gasteiger partial charge in [0.2, 0.25) is 0 Å². The zero-order valence-electron chi connectivity index (χ0n) is 7.17. The van der Waals surface area contributed by atoms with Crippen LogP contribution in [0.3, 0.4) is 0 Å². The predicted octanol–water partition coefficient (Wildman–Crippen LogP) is 1.57. The lowest BCUT2D eigenvalue weighted by atomic mass is 10.2. The van der Waals surface area contributed by atoms with E-state index in [-0.39, 0.29) is 18.8 Å². The van der Waals surface area contributed by atoms with E-state index in [1.807, 2.05) is 0 Å². The van der Waals surface area contributed by atoms with Crippen molar-refractivity contribution in [2.24, 2.45) is 5.73 Å². The summed E-state index contributed by atoms with van der Waals surface area (Å²) in [5.74, 6) is 0. The van der Waals surface area contributed by atoms with Crippen molar-refractivity contribution in [1.29, 1.82) is 0 Å². The van der Waals surface area contributed by atoms with Gasteiger partial charge in [0.05, 0.1) is 12.3 Å². The van der Waals surface area contributed by atoms with E-state index < -0.39 is 6.43 Å². The number of nitrogens with two attached hydrogens (primary N) is 1. The van der Waals surface area contributed by atoms with Gasteiger partial charge in [-0.1, -0.05) is 0 Å². The first-order valence-electron chi connectivity index (χ1n) is 3.87. The van der Waals surface area contributed by atoms with E-state index in [0.29, 0.717) is 14.8 Å². The smallest absolute Gasteiger partial charge is 0.281 e. The van der Waals surface area contributed by atoms with Crippen molar-refractivity contribution >= 4 is 22.6 Å². The predicted molar refractivity (Wildman–Crippen MR) is 55.7 cm³/mol. The van der Waals surface area contributed by atoms with Crippen LogP contribution in [0, 0.1) is 3.57 Å². The van der Waals surface area contributed by atoms with Crippen molar-refractivity contribution in [1.82, 2.24) is 4.98 Å². The number of hydrogen-bond acceptors (Lipinski definition) is 3. The largest absolute Gasteiger partial charge is 0.392 e. The van der Waals surface area contributed by atoms with Crippen molar-refractivity contribution < 1.29 is 13.9 Å². The summed E-state index contributed by atoms with van der Waals surface area (Å²) in [6.07, 6.45) is -2.61. The zero-order chi connectivity index (χ0) is 10.7. The van der Waals surface area contributed by atoms with Crippen molar-refractivity contribution in [3.05, 3.63) is 26.6 Å². The van der Waals surface area contributed by atoms with Gasteiger partial charge >= 0.3 is 0 Å². The van der Waals surface area contributed by atoms with Gasteiger partial charge in [0.25, 0.3) is 6.43 Å². The quantitative estimate of drug-likeness (QED) is 0.833. The van der Waals surface area contributed by atoms with Gasteiger partial charge < -0.3 is 10.8 Å². The van der Waals surface area contributed by atoms with Crippen LogP contribution in [0.5, 0.6) is 0 Å². The van der Waals surface area contributed by atoms with Crippen LogP contribution in [-0.4, -0.2) is 10.1 Å². The van der Waals surface area contributed by atoms with Crippen molar-refractivity contribution in [2.75, 3.05) is 0 Å². The Morgan fingerprint density at radius 2 is 2.21 bits per heavy atom. The molecule has 0 saturated heterocycles. The first kappa shape index (κ1) is 11.7. The van der Waals surface area contributed by atoms with Crippen LogP contribution in [0.2, 0.25) is 0 Å². The molecule has 3 nitrogen and oxygen atoms in total. The monoisotopic (exact) mass is 314 g/mol. The maximum Gasteiger partial charge on any atom is 0.281 e. The summed E-state index contributed by atoms with van der Waals surface area (Å²) in [6, 6.07) is 1.48. The molecule has 0 amide bonds. The Morgan fingerprint density at radius 1 is 1.57 bits per heavy atom. The molecular formula is C8H9F2IN2O. The molecule has 0 unspecified atom stereocenters. The Kier molecular flexibility index (Phi) is 4.14. The maximum atomic E-state index is 12.4. The van der Waals surface area contributed by atoms with E-state index in [1.165, 1.54) is 6.07 Å². The lowest BCUT2D eigenvalue weighted by Crippen LogP contribution is -2.09. The molecule has 14 heavy (non-hydrogen) atoms. The number of halogens is 3. The molecule has 0 bridgehead atoms. The minimum atomic E-state index is -2.61. The SMILES string of the molecule is NCc1nc(C(F)F)c(I)cc1CO. The van der Waals surface area contributed by atoms with Gasteiger partial charge in [-0.2, -0.15) is 0 Å². The Labute approximate surface area is 93.5 Å². The van der Waals surface area contributed by atoms with Crippen LogP contribution in [-0.2, 0) is 13.2 Å². The van der Waals surface area contributed by atoms with E-state index in [9.17, 15) is 8.78 Å². The first-order valence-corrected chi connectivity index (χ1v) is 4.95. The molecule has 0 aliphatic rings. The average molecular weight is 314 g/mol. The third kappa shape index (κ3) is 2.37. The third-order valence-corrected chi connectivity index (χ3v) is 2.61. The second kappa shape index (κ2) is 4.94. The zero-order valence-corrected chi connectivity index (χ0v) is 9.33. The Balaban J connectivity index is 3.23. The summed E-state index contributed by atoms with van der Waals surface area (Å²) >= 11 is 1.76. The van der Waals surface area contributed by atoms with E-state index in [2.05, 4.69) is 4.98 Å². The highest BCUT2D eigenvalue weighted by Crippen LogP contribution is 2.24. The lowest BCUT2D eigenvalue weighted by molar-refractivity contribution is 0.144. The van der Waals surface area contributed by atoms with Gasteiger partial charge in [0, 0.05) is 15.7 Å². The number of hydrogen-bond donors (Lipinski definition) is 2. The first-order chi connectivity index (χ1) is 6.60. The standard InChI is InChI=1S/C8H9F2IN2O/c9-8(10)7-5(11)1-4(3-14)6(2-12)13-7/h1,8,14H,2-3,12H2. The average Bonchev–Trinajstić information content (AvgIpc) is 2.16. The molecule has 0 spiro atoms. The number of aromatic nitrogens is 1. The third-order valence-electron chi connectivity index (χ3n) is 1.74. The Morgan fingerprint density at radius 3 is 2.64 bits per heavy atom. The van der Waals surface area contributed by atoms with Crippen LogP contribution < -0.4 is 5.73 Å². The topological polar surface area (TPSA) is 59.1 Å². The molecule has 6 heteroatoms. The molecule has 78 valence electrons. The van der Waals surface area contributed by atoms with E-state index in [4.69, 9.17) is 10.8 Å². The van der Waals surface area contributed by atoms with E-state index in [1.54, 1.807) is 22.6 Å². The molecule has 0 saturated carbocycles. The molecule has 1 rings (SSSR count). The second-order valence-corrected chi connectivity index (χ2v) is 3.79. The molecule has 1 aromatic rings. The maximum absolute atomic E-state index is 12.4. The molecule has 0 aromatic carbocycles. The van der Waals surface area contributed by atoms with Gasteiger partial charge in [-0.05, 0) is 28.7 Å². The molecule has 0 radical (unpaired) electrons. The number of aliphatic hydroxyl groups is 1. The summed E-state index contributed by atoms with van der Waals surface area (Å²) in [4.78, 5) is 3.72. The molecule has 0 aliphatic heterocycles. The van der Waals surface area contributed by atoms with Crippen LogP contribution in [0.4, 0.5) is 8.78 Å². The van der Waals surface area contributed by atoms with E-state index in [0.717, 1.165) is 0 Å². The highest BCUT2D eigenvalue weighted by Gasteiger charge is 2.16. The fourth-order valence-electron chi connectivity index (χ4n) is 1.05. The summed E-state index contributed by atoms with van der Waals surface area (Å²) in [5, 5.41) is 8.92. The Bertz CT molecular complexity index is 333. The minimum absolute atomic E-state index is 0.0481. The molecule has 1 heterocycles. The van der Waals surface area contributed by atoms with Crippen LogP contribution in [0.15, 0.2) is 6.07 Å². The molecular weight excluding hydrogens is 305 g/mol.